The van der Waals surface area contributed by atoms with Gasteiger partial charge in [0.1, 0.15) is 11.5 Å². The smallest absolute Gasteiger partial charge is 0.311 e. The van der Waals surface area contributed by atoms with Gasteiger partial charge in [-0.1, -0.05) is 35.8 Å². The lowest BCUT2D eigenvalue weighted by atomic mass is 9.98. The van der Waals surface area contributed by atoms with Gasteiger partial charge < -0.3 is 9.47 Å². The lowest BCUT2D eigenvalue weighted by Gasteiger charge is -2.13. The second-order valence-corrected chi connectivity index (χ2v) is 7.88. The van der Waals surface area contributed by atoms with Crippen molar-refractivity contribution in [3.63, 3.8) is 0 Å². The molecule has 0 aliphatic heterocycles. The molecule has 0 N–H and O–H groups in total. The third kappa shape index (κ3) is 5.60. The monoisotopic (exact) mass is 418 g/mol. The fraction of sp³-hybridized carbons (Fsp3) is 0.409. The predicted molar refractivity (Wildman–Crippen MR) is 109 cm³/mol. The van der Waals surface area contributed by atoms with Crippen molar-refractivity contribution in [2.75, 3.05) is 6.61 Å². The molecule has 0 atom stereocenters. The van der Waals surface area contributed by atoms with Crippen LogP contribution in [0.1, 0.15) is 54.9 Å². The van der Waals surface area contributed by atoms with Gasteiger partial charge in [-0.05, 0) is 79.6 Å². The van der Waals surface area contributed by atoms with E-state index < -0.39 is 0 Å². The van der Waals surface area contributed by atoms with Gasteiger partial charge in [0.05, 0.1) is 6.61 Å². The van der Waals surface area contributed by atoms with Crippen LogP contribution < -0.4 is 9.47 Å². The minimum Gasteiger partial charge on any atom is -0.494 e. The highest BCUT2D eigenvalue weighted by atomic mass is 79.9. The van der Waals surface area contributed by atoms with Gasteiger partial charge in [-0.25, -0.2) is 0 Å². The molecule has 0 saturated carbocycles. The average Bonchev–Trinajstić information content (AvgIpc) is 2.54. The highest BCUT2D eigenvalue weighted by molar-refractivity contribution is 9.10. The van der Waals surface area contributed by atoms with Crippen LogP contribution in [0.25, 0.3) is 0 Å². The molecule has 4 heteroatoms. The third-order valence-corrected chi connectivity index (χ3v) is 4.76. The number of halogens is 1. The Labute approximate surface area is 164 Å². The molecule has 0 unspecified atom stereocenters. The van der Waals surface area contributed by atoms with Gasteiger partial charge in [-0.2, -0.15) is 0 Å². The van der Waals surface area contributed by atoms with Gasteiger partial charge in [0.15, 0.2) is 0 Å². The zero-order valence-corrected chi connectivity index (χ0v) is 17.8. The molecule has 2 rings (SSSR count). The largest absolute Gasteiger partial charge is 0.494 e. The van der Waals surface area contributed by atoms with Crippen LogP contribution in [-0.2, 0) is 4.79 Å². The Morgan fingerprint density at radius 3 is 2.27 bits per heavy atom. The van der Waals surface area contributed by atoms with Crippen LogP contribution in [0.15, 0.2) is 34.8 Å². The summed E-state index contributed by atoms with van der Waals surface area (Å²) >= 11 is 3.45. The number of carbonyl (C=O) groups excluding carboxylic acids is 1. The summed E-state index contributed by atoms with van der Waals surface area (Å²) in [5.41, 5.74) is 4.46. The van der Waals surface area contributed by atoms with E-state index in [4.69, 9.17) is 9.47 Å². The summed E-state index contributed by atoms with van der Waals surface area (Å²) < 4.78 is 12.3. The number of rotatable bonds is 7. The molecule has 0 amide bonds. The summed E-state index contributed by atoms with van der Waals surface area (Å²) in [5.74, 6) is 1.77. The molecule has 0 bridgehead atoms. The number of ether oxygens (including phenoxy) is 2. The molecule has 140 valence electrons. The summed E-state index contributed by atoms with van der Waals surface area (Å²) in [4.78, 5) is 12.1. The van der Waals surface area contributed by atoms with Crippen molar-refractivity contribution < 1.29 is 14.3 Å². The lowest BCUT2D eigenvalue weighted by Crippen LogP contribution is -2.11. The average molecular weight is 419 g/mol. The molecule has 26 heavy (non-hydrogen) atoms. The van der Waals surface area contributed by atoms with Gasteiger partial charge in [0.25, 0.3) is 0 Å². The first-order chi connectivity index (χ1) is 12.3. The molecule has 0 spiro atoms. The Morgan fingerprint density at radius 1 is 1.04 bits per heavy atom. The predicted octanol–water partition coefficient (Wildman–Crippen LogP) is 6.26. The zero-order chi connectivity index (χ0) is 19.3. The first-order valence-electron chi connectivity index (χ1n) is 8.98. The molecule has 0 aliphatic rings. The van der Waals surface area contributed by atoms with Crippen LogP contribution in [0.2, 0.25) is 0 Å². The molecule has 2 aromatic rings. The van der Waals surface area contributed by atoms with Gasteiger partial charge in [0, 0.05) is 10.9 Å². The van der Waals surface area contributed by atoms with Gasteiger partial charge in [0.2, 0.25) is 0 Å². The van der Waals surface area contributed by atoms with E-state index in [-0.39, 0.29) is 5.97 Å². The van der Waals surface area contributed by atoms with E-state index >= 15 is 0 Å². The zero-order valence-electron chi connectivity index (χ0n) is 16.2. The van der Waals surface area contributed by atoms with Crippen molar-refractivity contribution in [2.45, 2.75) is 53.4 Å². The number of benzene rings is 2. The van der Waals surface area contributed by atoms with Crippen LogP contribution in [0.5, 0.6) is 11.5 Å². The summed E-state index contributed by atoms with van der Waals surface area (Å²) in [7, 11) is 0. The topological polar surface area (TPSA) is 35.5 Å². The number of aryl methyl sites for hydroxylation is 3. The van der Waals surface area contributed by atoms with Crippen LogP contribution in [0.4, 0.5) is 0 Å². The van der Waals surface area contributed by atoms with Gasteiger partial charge in [-0.3, -0.25) is 4.79 Å². The van der Waals surface area contributed by atoms with Crippen molar-refractivity contribution in [1.29, 1.82) is 0 Å². The Morgan fingerprint density at radius 2 is 1.69 bits per heavy atom. The fourth-order valence-electron chi connectivity index (χ4n) is 3.02. The molecule has 0 radical (unpaired) electrons. The molecular formula is C22H27BrO3. The molecule has 0 saturated heterocycles. The number of hydrogen-bond acceptors (Lipinski definition) is 3. The number of carbonyl (C=O) groups is 1. The van der Waals surface area contributed by atoms with Crippen molar-refractivity contribution in [1.82, 2.24) is 0 Å². The first kappa shape index (κ1) is 20.5. The maximum Gasteiger partial charge on any atom is 0.311 e. The van der Waals surface area contributed by atoms with Crippen LogP contribution in [0.3, 0.4) is 0 Å². The molecule has 2 aromatic carbocycles. The molecule has 0 fully saturated rings. The third-order valence-electron chi connectivity index (χ3n) is 4.30. The Balaban J connectivity index is 1.81. The summed E-state index contributed by atoms with van der Waals surface area (Å²) in [6, 6.07) is 10.1. The summed E-state index contributed by atoms with van der Waals surface area (Å²) in [5, 5.41) is 0. The molecular weight excluding hydrogens is 392 g/mol. The first-order valence-corrected chi connectivity index (χ1v) is 9.78. The van der Waals surface area contributed by atoms with E-state index in [0.717, 1.165) is 21.3 Å². The quantitative estimate of drug-likeness (QED) is 0.302. The summed E-state index contributed by atoms with van der Waals surface area (Å²) in [6.45, 7) is 10.8. The lowest BCUT2D eigenvalue weighted by molar-refractivity contribution is -0.134. The molecule has 0 aromatic heterocycles. The van der Waals surface area contributed by atoms with Gasteiger partial charge in [-0.15, -0.1) is 0 Å². The Bertz CT molecular complexity index is 758. The highest BCUT2D eigenvalue weighted by Gasteiger charge is 2.11. The molecule has 3 nitrogen and oxygen atoms in total. The second kappa shape index (κ2) is 9.22. The van der Waals surface area contributed by atoms with E-state index in [1.54, 1.807) is 0 Å². The number of hydrogen-bond donors (Lipinski definition) is 0. The van der Waals surface area contributed by atoms with Crippen LogP contribution >= 0.6 is 15.9 Å². The fourth-order valence-corrected chi connectivity index (χ4v) is 3.70. The van der Waals surface area contributed by atoms with Crippen molar-refractivity contribution in [3.8, 4) is 11.5 Å². The molecule has 0 aliphatic carbocycles. The maximum atomic E-state index is 12.1. The van der Waals surface area contributed by atoms with Crippen molar-refractivity contribution in [3.05, 3.63) is 57.1 Å². The number of esters is 1. The van der Waals surface area contributed by atoms with E-state index in [1.165, 1.54) is 11.1 Å². The van der Waals surface area contributed by atoms with Gasteiger partial charge >= 0.3 is 5.97 Å². The summed E-state index contributed by atoms with van der Waals surface area (Å²) in [6.07, 6.45) is 0.955. The second-order valence-electron chi connectivity index (χ2n) is 6.97. The van der Waals surface area contributed by atoms with E-state index in [0.29, 0.717) is 31.1 Å². The normalized spacial score (nSPS) is 10.9. The van der Waals surface area contributed by atoms with Crippen molar-refractivity contribution >= 4 is 21.9 Å². The van der Waals surface area contributed by atoms with Crippen molar-refractivity contribution in [2.24, 2.45) is 0 Å². The minimum absolute atomic E-state index is 0.228. The SMILES string of the molecule is Cc1cc(OCCCC(=O)Oc2c(C)cc(Br)cc2C)ccc1C(C)C. The minimum atomic E-state index is -0.228. The Hall–Kier alpha value is -1.81. The van der Waals surface area contributed by atoms with E-state index in [9.17, 15) is 4.79 Å². The van der Waals surface area contributed by atoms with E-state index in [1.807, 2.05) is 32.0 Å². The molecule has 0 heterocycles. The highest BCUT2D eigenvalue weighted by Crippen LogP contribution is 2.28. The standard InChI is InChI=1S/C22H27BrO3/c1-14(2)20-9-8-19(13-15(20)3)25-10-6-7-21(24)26-22-16(4)11-18(23)12-17(22)5/h8-9,11-14H,6-7,10H2,1-5H3. The van der Waals surface area contributed by atoms with E-state index in [2.05, 4.69) is 48.8 Å². The van der Waals surface area contributed by atoms with Crippen LogP contribution in [0, 0.1) is 20.8 Å². The van der Waals surface area contributed by atoms with Crippen LogP contribution in [-0.4, -0.2) is 12.6 Å². The maximum absolute atomic E-state index is 12.1. The Kier molecular flexibility index (Phi) is 7.27.